The van der Waals surface area contributed by atoms with Gasteiger partial charge in [-0.05, 0) is 66.7 Å². The molecule has 1 aromatic heterocycles. The normalized spacial score (nSPS) is 22.6. The highest BCUT2D eigenvalue weighted by Gasteiger charge is 2.26. The molecule has 0 spiro atoms. The average molecular weight is 397 g/mol. The molecule has 0 aliphatic heterocycles. The van der Waals surface area contributed by atoms with Gasteiger partial charge in [-0.15, -0.1) is 11.3 Å². The Balaban J connectivity index is 1.99. The molecular weight excluding hydrogens is 377 g/mol. The predicted molar refractivity (Wildman–Crippen MR) is 89.7 cm³/mol. The minimum atomic E-state index is -0.611. The number of thiophene rings is 1. The Labute approximate surface area is 131 Å². The number of aryl methyl sites for hydroxylation is 1. The fourth-order valence-electron chi connectivity index (χ4n) is 2.44. The first-order valence-electron chi connectivity index (χ1n) is 6.24. The summed E-state index contributed by atoms with van der Waals surface area (Å²) >= 11 is 6.02. The summed E-state index contributed by atoms with van der Waals surface area (Å²) in [5, 5.41) is 13.8. The van der Waals surface area contributed by atoms with Gasteiger partial charge in [0.25, 0.3) is 0 Å². The Kier molecular flexibility index (Phi) is 5.40. The molecule has 2 nitrogen and oxygen atoms in total. The van der Waals surface area contributed by atoms with Gasteiger partial charge in [0.05, 0.1) is 8.48 Å². The maximum absolute atomic E-state index is 10.2. The second-order valence-electron chi connectivity index (χ2n) is 5.18. The van der Waals surface area contributed by atoms with Crippen LogP contribution in [0.2, 0.25) is 0 Å². The molecule has 1 aliphatic rings. The van der Waals surface area contributed by atoms with Crippen molar-refractivity contribution in [3.05, 3.63) is 19.4 Å². The van der Waals surface area contributed by atoms with Gasteiger partial charge in [-0.25, -0.2) is 0 Å². The van der Waals surface area contributed by atoms with E-state index in [1.165, 1.54) is 32.6 Å². The van der Waals surface area contributed by atoms with Crippen LogP contribution in [0.25, 0.3) is 0 Å². The topological polar surface area (TPSA) is 32.3 Å². The van der Waals surface area contributed by atoms with Crippen molar-refractivity contribution in [2.24, 2.45) is 0 Å². The van der Waals surface area contributed by atoms with Crippen molar-refractivity contribution in [3.63, 3.8) is 0 Å². The molecule has 102 valence electrons. The van der Waals surface area contributed by atoms with Crippen molar-refractivity contribution in [2.45, 2.75) is 37.8 Å². The fourth-order valence-corrected chi connectivity index (χ4v) is 5.28. The molecule has 0 saturated heterocycles. The smallest absolute Gasteiger partial charge is 0.0833 e. The van der Waals surface area contributed by atoms with Crippen molar-refractivity contribution in [1.82, 2.24) is 5.32 Å². The van der Waals surface area contributed by atoms with E-state index >= 15 is 0 Å². The van der Waals surface area contributed by atoms with Gasteiger partial charge in [-0.1, -0.05) is 0 Å². The molecule has 5 heteroatoms. The summed E-state index contributed by atoms with van der Waals surface area (Å²) in [5.74, 6) is 0.779. The highest BCUT2D eigenvalue weighted by Crippen LogP contribution is 2.36. The molecule has 2 unspecified atom stereocenters. The molecule has 0 saturated carbocycles. The molecule has 1 heterocycles. The third kappa shape index (κ3) is 3.85. The van der Waals surface area contributed by atoms with E-state index in [4.69, 9.17) is 0 Å². The highest BCUT2D eigenvalue weighted by molar-refractivity contribution is 14.1. The summed E-state index contributed by atoms with van der Waals surface area (Å²) in [6.45, 7) is 2.59. The van der Waals surface area contributed by atoms with E-state index in [1.807, 2.05) is 24.5 Å². The zero-order chi connectivity index (χ0) is 13.2. The Morgan fingerprint density at radius 2 is 2.44 bits per heavy atom. The third-order valence-corrected chi connectivity index (χ3v) is 6.15. The van der Waals surface area contributed by atoms with Crippen LogP contribution in [-0.2, 0) is 6.42 Å². The van der Waals surface area contributed by atoms with Crippen molar-refractivity contribution in [2.75, 3.05) is 18.6 Å². The maximum Gasteiger partial charge on any atom is 0.0833 e. The lowest BCUT2D eigenvalue weighted by atomic mass is 9.93. The molecule has 1 aromatic rings. The van der Waals surface area contributed by atoms with Crippen molar-refractivity contribution in [1.29, 1.82) is 0 Å². The van der Waals surface area contributed by atoms with Crippen LogP contribution in [0.4, 0.5) is 0 Å². The van der Waals surface area contributed by atoms with E-state index in [9.17, 15) is 5.11 Å². The minimum Gasteiger partial charge on any atom is -0.388 e. The van der Waals surface area contributed by atoms with Crippen LogP contribution < -0.4 is 5.32 Å². The molecule has 0 aromatic carbocycles. The van der Waals surface area contributed by atoms with E-state index in [1.54, 1.807) is 11.8 Å². The van der Waals surface area contributed by atoms with E-state index in [-0.39, 0.29) is 0 Å². The van der Waals surface area contributed by atoms with E-state index in [0.29, 0.717) is 12.6 Å². The third-order valence-electron chi connectivity index (χ3n) is 3.27. The number of aliphatic hydroxyl groups is 1. The predicted octanol–water partition coefficient (Wildman–Crippen LogP) is 3.43. The largest absolute Gasteiger partial charge is 0.388 e. The van der Waals surface area contributed by atoms with Gasteiger partial charge in [0.15, 0.2) is 0 Å². The van der Waals surface area contributed by atoms with Crippen LogP contribution in [0.5, 0.6) is 0 Å². The van der Waals surface area contributed by atoms with Crippen molar-refractivity contribution >= 4 is 45.7 Å². The van der Waals surface area contributed by atoms with Gasteiger partial charge in [0.1, 0.15) is 0 Å². The second-order valence-corrected chi connectivity index (χ2v) is 9.08. The first kappa shape index (κ1) is 15.1. The fraction of sp³-hybridized carbons (Fsp3) is 0.692. The Morgan fingerprint density at radius 1 is 1.67 bits per heavy atom. The summed E-state index contributed by atoms with van der Waals surface area (Å²) in [5.41, 5.74) is 0.857. The van der Waals surface area contributed by atoms with Gasteiger partial charge in [-0.2, -0.15) is 11.8 Å². The molecule has 18 heavy (non-hydrogen) atoms. The monoisotopic (exact) mass is 397 g/mol. The molecule has 0 radical (unpaired) electrons. The minimum absolute atomic E-state index is 0.432. The summed E-state index contributed by atoms with van der Waals surface area (Å²) in [4.78, 5) is 1.53. The van der Waals surface area contributed by atoms with E-state index in [2.05, 4.69) is 34.0 Å². The van der Waals surface area contributed by atoms with Gasteiger partial charge in [-0.3, -0.25) is 0 Å². The number of hydrogen-bond acceptors (Lipinski definition) is 4. The van der Waals surface area contributed by atoms with E-state index < -0.39 is 5.60 Å². The standard InChI is InChI=1S/C13H20INOS2/c1-13(16,8-17-2)7-15-10-4-3-5-11-9(10)6-12(14)18-11/h6,10,15-16H,3-5,7-8H2,1-2H3. The number of hydrogen-bond donors (Lipinski definition) is 2. The van der Waals surface area contributed by atoms with Crippen molar-refractivity contribution < 1.29 is 5.11 Å². The first-order valence-corrected chi connectivity index (χ1v) is 9.53. The lowest BCUT2D eigenvalue weighted by molar-refractivity contribution is 0.0806. The second kappa shape index (κ2) is 6.43. The lowest BCUT2D eigenvalue weighted by Crippen LogP contribution is -2.41. The Hall–Kier alpha value is 0.700. The highest BCUT2D eigenvalue weighted by atomic mass is 127. The quantitative estimate of drug-likeness (QED) is 0.747. The molecule has 2 N–H and O–H groups in total. The first-order chi connectivity index (χ1) is 8.52. The summed E-state index contributed by atoms with van der Waals surface area (Å²) in [6.07, 6.45) is 5.71. The lowest BCUT2D eigenvalue weighted by Gasteiger charge is -2.29. The van der Waals surface area contributed by atoms with Gasteiger partial charge < -0.3 is 10.4 Å². The van der Waals surface area contributed by atoms with Gasteiger partial charge in [0, 0.05) is 23.2 Å². The summed E-state index contributed by atoms with van der Waals surface area (Å²) in [6, 6.07) is 2.74. The molecule has 2 atom stereocenters. The van der Waals surface area contributed by atoms with Gasteiger partial charge >= 0.3 is 0 Å². The maximum atomic E-state index is 10.2. The Bertz CT molecular complexity index is 406. The van der Waals surface area contributed by atoms with Crippen LogP contribution in [0.1, 0.15) is 36.2 Å². The van der Waals surface area contributed by atoms with Crippen LogP contribution >= 0.6 is 45.7 Å². The molecule has 2 rings (SSSR count). The molecule has 0 bridgehead atoms. The van der Waals surface area contributed by atoms with Crippen molar-refractivity contribution in [3.8, 4) is 0 Å². The zero-order valence-corrected chi connectivity index (χ0v) is 14.6. The van der Waals surface area contributed by atoms with Gasteiger partial charge in [0.2, 0.25) is 0 Å². The number of fused-ring (bicyclic) bond motifs is 1. The zero-order valence-electron chi connectivity index (χ0n) is 10.8. The van der Waals surface area contributed by atoms with Crippen LogP contribution in [-0.4, -0.2) is 29.3 Å². The average Bonchev–Trinajstić information content (AvgIpc) is 2.67. The summed E-state index contributed by atoms with van der Waals surface area (Å²) < 4.78 is 1.38. The molecule has 0 amide bonds. The number of nitrogens with one attached hydrogen (secondary N) is 1. The SMILES string of the molecule is CSCC(C)(O)CNC1CCCc2sc(I)cc21. The number of thioether (sulfide) groups is 1. The van der Waals surface area contributed by atoms with Crippen LogP contribution in [0, 0.1) is 2.88 Å². The Morgan fingerprint density at radius 3 is 3.17 bits per heavy atom. The molecule has 0 fully saturated rings. The van der Waals surface area contributed by atoms with Crippen LogP contribution in [0.3, 0.4) is 0 Å². The molecule has 1 aliphatic carbocycles. The number of rotatable bonds is 5. The van der Waals surface area contributed by atoms with Crippen LogP contribution in [0.15, 0.2) is 6.07 Å². The summed E-state index contributed by atoms with van der Waals surface area (Å²) in [7, 11) is 0. The molecular formula is C13H20INOS2. The number of halogens is 1. The van der Waals surface area contributed by atoms with E-state index in [0.717, 1.165) is 5.75 Å².